The Morgan fingerprint density at radius 3 is 3.00 bits per heavy atom. The molecule has 0 aliphatic heterocycles. The standard InChI is InChI=1S/C11H19NO2/c13-8-4-7-11(14)12-9-10-5-2-1-3-6-10/h1-2,10,13H,3-9H2,(H,12,14). The molecule has 1 atom stereocenters. The fourth-order valence-corrected chi connectivity index (χ4v) is 1.63. The zero-order chi connectivity index (χ0) is 10.2. The normalized spacial score (nSPS) is 20.8. The predicted molar refractivity (Wildman–Crippen MR) is 55.8 cm³/mol. The molecule has 0 aromatic carbocycles. The molecule has 3 heteroatoms. The summed E-state index contributed by atoms with van der Waals surface area (Å²) >= 11 is 0. The molecule has 14 heavy (non-hydrogen) atoms. The van der Waals surface area contributed by atoms with Crippen molar-refractivity contribution in [1.82, 2.24) is 5.32 Å². The van der Waals surface area contributed by atoms with E-state index in [1.54, 1.807) is 0 Å². The molecule has 0 fully saturated rings. The summed E-state index contributed by atoms with van der Waals surface area (Å²) in [5.41, 5.74) is 0. The third kappa shape index (κ3) is 4.42. The van der Waals surface area contributed by atoms with Crippen LogP contribution in [-0.2, 0) is 4.79 Å². The number of aliphatic hydroxyl groups is 1. The van der Waals surface area contributed by atoms with Crippen LogP contribution in [0.25, 0.3) is 0 Å². The number of rotatable bonds is 5. The zero-order valence-electron chi connectivity index (χ0n) is 8.54. The second-order valence-corrected chi connectivity index (χ2v) is 3.78. The summed E-state index contributed by atoms with van der Waals surface area (Å²) in [5.74, 6) is 0.673. The van der Waals surface area contributed by atoms with E-state index in [2.05, 4.69) is 17.5 Å². The molecular weight excluding hydrogens is 178 g/mol. The molecule has 0 saturated carbocycles. The first-order chi connectivity index (χ1) is 6.83. The van der Waals surface area contributed by atoms with E-state index in [0.29, 0.717) is 18.8 Å². The Labute approximate surface area is 85.2 Å². The summed E-state index contributed by atoms with van der Waals surface area (Å²) in [6, 6.07) is 0. The molecule has 1 unspecified atom stereocenters. The van der Waals surface area contributed by atoms with Gasteiger partial charge in [-0.05, 0) is 31.6 Å². The highest BCUT2D eigenvalue weighted by atomic mass is 16.3. The van der Waals surface area contributed by atoms with Gasteiger partial charge in [0, 0.05) is 19.6 Å². The van der Waals surface area contributed by atoms with Gasteiger partial charge in [0.25, 0.3) is 0 Å². The minimum absolute atomic E-state index is 0.0635. The highest BCUT2D eigenvalue weighted by molar-refractivity contribution is 5.75. The number of carbonyl (C=O) groups is 1. The quantitative estimate of drug-likeness (QED) is 0.651. The summed E-state index contributed by atoms with van der Waals surface area (Å²) in [6.45, 7) is 0.883. The maximum atomic E-state index is 11.2. The van der Waals surface area contributed by atoms with Crippen LogP contribution in [0.3, 0.4) is 0 Å². The lowest BCUT2D eigenvalue weighted by molar-refractivity contribution is -0.121. The van der Waals surface area contributed by atoms with Crippen molar-refractivity contribution >= 4 is 5.91 Å². The minimum Gasteiger partial charge on any atom is -0.396 e. The Morgan fingerprint density at radius 1 is 1.50 bits per heavy atom. The van der Waals surface area contributed by atoms with E-state index >= 15 is 0 Å². The van der Waals surface area contributed by atoms with E-state index in [-0.39, 0.29) is 12.5 Å². The topological polar surface area (TPSA) is 49.3 Å². The van der Waals surface area contributed by atoms with Crippen LogP contribution < -0.4 is 5.32 Å². The molecule has 0 bridgehead atoms. The largest absolute Gasteiger partial charge is 0.396 e. The van der Waals surface area contributed by atoms with Gasteiger partial charge in [-0.1, -0.05) is 12.2 Å². The van der Waals surface area contributed by atoms with E-state index in [1.165, 1.54) is 6.42 Å². The Bertz CT molecular complexity index is 201. The number of nitrogens with one attached hydrogen (secondary N) is 1. The van der Waals surface area contributed by atoms with Crippen LogP contribution in [0.1, 0.15) is 32.1 Å². The van der Waals surface area contributed by atoms with Crippen molar-refractivity contribution in [2.24, 2.45) is 5.92 Å². The van der Waals surface area contributed by atoms with Gasteiger partial charge >= 0.3 is 0 Å². The number of aliphatic hydroxyl groups excluding tert-OH is 1. The molecule has 0 saturated heterocycles. The molecule has 0 aromatic heterocycles. The van der Waals surface area contributed by atoms with Crippen molar-refractivity contribution in [2.75, 3.05) is 13.2 Å². The first-order valence-corrected chi connectivity index (χ1v) is 5.35. The molecule has 0 heterocycles. The zero-order valence-corrected chi connectivity index (χ0v) is 8.54. The highest BCUT2D eigenvalue weighted by Gasteiger charge is 2.10. The highest BCUT2D eigenvalue weighted by Crippen LogP contribution is 2.16. The second-order valence-electron chi connectivity index (χ2n) is 3.78. The second kappa shape index (κ2) is 6.60. The average Bonchev–Trinajstić information content (AvgIpc) is 2.25. The molecule has 0 radical (unpaired) electrons. The van der Waals surface area contributed by atoms with E-state index < -0.39 is 0 Å². The lowest BCUT2D eigenvalue weighted by Crippen LogP contribution is -2.29. The lowest BCUT2D eigenvalue weighted by atomic mass is 9.94. The van der Waals surface area contributed by atoms with E-state index in [9.17, 15) is 4.79 Å². The first kappa shape index (κ1) is 11.2. The maximum absolute atomic E-state index is 11.2. The van der Waals surface area contributed by atoms with Crippen molar-refractivity contribution in [3.05, 3.63) is 12.2 Å². The molecule has 1 aliphatic carbocycles. The van der Waals surface area contributed by atoms with Crippen LogP contribution >= 0.6 is 0 Å². The number of amides is 1. The van der Waals surface area contributed by atoms with Crippen molar-refractivity contribution in [3.8, 4) is 0 Å². The van der Waals surface area contributed by atoms with Crippen LogP contribution in [0.4, 0.5) is 0 Å². The number of carbonyl (C=O) groups excluding carboxylic acids is 1. The minimum atomic E-state index is 0.0635. The lowest BCUT2D eigenvalue weighted by Gasteiger charge is -2.17. The van der Waals surface area contributed by atoms with Gasteiger partial charge < -0.3 is 10.4 Å². The van der Waals surface area contributed by atoms with Crippen LogP contribution in [-0.4, -0.2) is 24.2 Å². The van der Waals surface area contributed by atoms with E-state index in [1.807, 2.05) is 0 Å². The Morgan fingerprint density at radius 2 is 2.36 bits per heavy atom. The van der Waals surface area contributed by atoms with Gasteiger partial charge in [-0.25, -0.2) is 0 Å². The monoisotopic (exact) mass is 197 g/mol. The molecule has 1 amide bonds. The van der Waals surface area contributed by atoms with Gasteiger partial charge in [0.1, 0.15) is 0 Å². The van der Waals surface area contributed by atoms with Crippen molar-refractivity contribution < 1.29 is 9.90 Å². The van der Waals surface area contributed by atoms with Gasteiger partial charge in [-0.3, -0.25) is 4.79 Å². The predicted octanol–water partition coefficient (Wildman–Crippen LogP) is 1.23. The van der Waals surface area contributed by atoms with E-state index in [0.717, 1.165) is 19.4 Å². The molecule has 0 aromatic rings. The van der Waals surface area contributed by atoms with E-state index in [4.69, 9.17) is 5.11 Å². The smallest absolute Gasteiger partial charge is 0.220 e. The van der Waals surface area contributed by atoms with Gasteiger partial charge in [-0.2, -0.15) is 0 Å². The van der Waals surface area contributed by atoms with Gasteiger partial charge in [0.2, 0.25) is 5.91 Å². The summed E-state index contributed by atoms with van der Waals surface area (Å²) in [5, 5.41) is 11.4. The maximum Gasteiger partial charge on any atom is 0.220 e. The van der Waals surface area contributed by atoms with Crippen LogP contribution in [0.2, 0.25) is 0 Å². The van der Waals surface area contributed by atoms with Gasteiger partial charge in [0.15, 0.2) is 0 Å². The summed E-state index contributed by atoms with van der Waals surface area (Å²) in [7, 11) is 0. The third-order valence-corrected chi connectivity index (χ3v) is 2.53. The molecule has 80 valence electrons. The Kier molecular flexibility index (Phi) is 5.30. The van der Waals surface area contributed by atoms with Gasteiger partial charge in [0.05, 0.1) is 0 Å². The van der Waals surface area contributed by atoms with Crippen molar-refractivity contribution in [1.29, 1.82) is 0 Å². The summed E-state index contributed by atoms with van der Waals surface area (Å²) in [4.78, 5) is 11.2. The van der Waals surface area contributed by atoms with Crippen molar-refractivity contribution in [2.45, 2.75) is 32.1 Å². The number of hydrogen-bond acceptors (Lipinski definition) is 2. The molecular formula is C11H19NO2. The SMILES string of the molecule is O=C(CCCO)NCC1CC=CCC1. The molecule has 2 N–H and O–H groups in total. The van der Waals surface area contributed by atoms with Crippen LogP contribution in [0, 0.1) is 5.92 Å². The third-order valence-electron chi connectivity index (χ3n) is 2.53. The first-order valence-electron chi connectivity index (χ1n) is 5.35. The Hall–Kier alpha value is -0.830. The fraction of sp³-hybridized carbons (Fsp3) is 0.727. The molecule has 0 spiro atoms. The summed E-state index contributed by atoms with van der Waals surface area (Å²) in [6.07, 6.45) is 8.79. The molecule has 1 aliphatic rings. The van der Waals surface area contributed by atoms with Crippen molar-refractivity contribution in [3.63, 3.8) is 0 Å². The fourth-order valence-electron chi connectivity index (χ4n) is 1.63. The Balaban J connectivity index is 2.07. The van der Waals surface area contributed by atoms with Gasteiger partial charge in [-0.15, -0.1) is 0 Å². The molecule has 1 rings (SSSR count). The molecule has 3 nitrogen and oxygen atoms in total. The number of hydrogen-bond donors (Lipinski definition) is 2. The summed E-state index contributed by atoms with van der Waals surface area (Å²) < 4.78 is 0. The average molecular weight is 197 g/mol. The number of allylic oxidation sites excluding steroid dienone is 2. The van der Waals surface area contributed by atoms with Crippen LogP contribution in [0.15, 0.2) is 12.2 Å². The van der Waals surface area contributed by atoms with Crippen LogP contribution in [0.5, 0.6) is 0 Å².